The smallest absolute Gasteiger partial charge is 0.119 e. The number of hydrogen-bond donors (Lipinski definition) is 0. The van der Waals surface area contributed by atoms with Gasteiger partial charge in [0.05, 0.1) is 7.11 Å². The lowest BCUT2D eigenvalue weighted by Gasteiger charge is -2.08. The van der Waals surface area contributed by atoms with E-state index in [1.165, 1.54) is 41.5 Å². The molecule has 0 bridgehead atoms. The van der Waals surface area contributed by atoms with Crippen molar-refractivity contribution in [3.05, 3.63) is 64.7 Å². The van der Waals surface area contributed by atoms with E-state index < -0.39 is 0 Å². The van der Waals surface area contributed by atoms with Crippen LogP contribution in [0.1, 0.15) is 35.1 Å². The van der Waals surface area contributed by atoms with Crippen molar-refractivity contribution in [2.24, 2.45) is 0 Å². The molecule has 0 radical (unpaired) electrons. The van der Waals surface area contributed by atoms with Gasteiger partial charge in [-0.2, -0.15) is 0 Å². The third kappa shape index (κ3) is 1.70. The van der Waals surface area contributed by atoms with Crippen LogP contribution in [0.5, 0.6) is 5.75 Å². The Labute approximate surface area is 119 Å². The highest BCUT2D eigenvalue weighted by Crippen LogP contribution is 2.44. The van der Waals surface area contributed by atoms with Gasteiger partial charge in [-0.25, -0.2) is 0 Å². The van der Waals surface area contributed by atoms with Crippen molar-refractivity contribution in [2.45, 2.75) is 25.7 Å². The predicted molar refractivity (Wildman–Crippen MR) is 82.9 cm³/mol. The van der Waals surface area contributed by atoms with Crippen molar-refractivity contribution in [1.29, 1.82) is 0 Å². The van der Waals surface area contributed by atoms with Gasteiger partial charge in [0.15, 0.2) is 0 Å². The van der Waals surface area contributed by atoms with E-state index in [4.69, 9.17) is 4.74 Å². The number of hydrogen-bond acceptors (Lipinski definition) is 1. The zero-order chi connectivity index (χ0) is 13.5. The molecule has 0 unspecified atom stereocenters. The van der Waals surface area contributed by atoms with Gasteiger partial charge in [0.25, 0.3) is 0 Å². The molecule has 0 saturated heterocycles. The molecule has 20 heavy (non-hydrogen) atoms. The summed E-state index contributed by atoms with van der Waals surface area (Å²) in [5.74, 6) is 0.968. The number of ether oxygens (including phenoxy) is 1. The van der Waals surface area contributed by atoms with Crippen LogP contribution in [0.2, 0.25) is 0 Å². The molecule has 0 aromatic heterocycles. The molecule has 2 aromatic carbocycles. The molecule has 0 amide bonds. The Morgan fingerprint density at radius 2 is 1.75 bits per heavy atom. The van der Waals surface area contributed by atoms with Gasteiger partial charge in [-0.3, -0.25) is 0 Å². The summed E-state index contributed by atoms with van der Waals surface area (Å²) in [7, 11) is 1.74. The second kappa shape index (κ2) is 4.52. The van der Waals surface area contributed by atoms with Gasteiger partial charge < -0.3 is 4.74 Å². The van der Waals surface area contributed by atoms with Gasteiger partial charge in [-0.05, 0) is 71.2 Å². The van der Waals surface area contributed by atoms with Crippen LogP contribution in [0, 0.1) is 0 Å². The molecule has 2 aliphatic rings. The van der Waals surface area contributed by atoms with Crippen molar-refractivity contribution < 1.29 is 4.74 Å². The molecule has 1 nitrogen and oxygen atoms in total. The van der Waals surface area contributed by atoms with Crippen molar-refractivity contribution in [3.63, 3.8) is 0 Å². The highest BCUT2D eigenvalue weighted by Gasteiger charge is 2.25. The van der Waals surface area contributed by atoms with E-state index in [1.807, 2.05) is 0 Å². The molecule has 100 valence electrons. The fourth-order valence-electron chi connectivity index (χ4n) is 3.61. The minimum absolute atomic E-state index is 0.968. The third-order valence-corrected chi connectivity index (χ3v) is 4.59. The minimum atomic E-state index is 0.968. The number of aryl methyl sites for hydroxylation is 1. The Balaban J connectivity index is 1.90. The third-order valence-electron chi connectivity index (χ3n) is 4.59. The molecule has 0 aliphatic heterocycles. The molecule has 4 rings (SSSR count). The maximum Gasteiger partial charge on any atom is 0.119 e. The number of benzene rings is 2. The first kappa shape index (κ1) is 11.8. The van der Waals surface area contributed by atoms with Crippen molar-refractivity contribution >= 4 is 11.1 Å². The lowest BCUT2D eigenvalue weighted by Crippen LogP contribution is -1.93. The van der Waals surface area contributed by atoms with E-state index in [9.17, 15) is 0 Å². The van der Waals surface area contributed by atoms with Gasteiger partial charge in [0.1, 0.15) is 5.75 Å². The van der Waals surface area contributed by atoms with Crippen LogP contribution in [-0.4, -0.2) is 7.11 Å². The Morgan fingerprint density at radius 1 is 0.850 bits per heavy atom. The summed E-state index contributed by atoms with van der Waals surface area (Å²) < 4.78 is 5.40. The van der Waals surface area contributed by atoms with E-state index >= 15 is 0 Å². The maximum atomic E-state index is 5.40. The quantitative estimate of drug-likeness (QED) is 0.735. The summed E-state index contributed by atoms with van der Waals surface area (Å²) in [6.45, 7) is 0. The van der Waals surface area contributed by atoms with Crippen molar-refractivity contribution in [2.75, 3.05) is 7.11 Å². The zero-order valence-electron chi connectivity index (χ0n) is 11.8. The van der Waals surface area contributed by atoms with Crippen LogP contribution in [0.3, 0.4) is 0 Å². The van der Waals surface area contributed by atoms with E-state index in [0.717, 1.165) is 12.2 Å². The largest absolute Gasteiger partial charge is 0.497 e. The monoisotopic (exact) mass is 262 g/mol. The highest BCUT2D eigenvalue weighted by atomic mass is 16.5. The lowest BCUT2D eigenvalue weighted by molar-refractivity contribution is 0.414. The predicted octanol–water partition coefficient (Wildman–Crippen LogP) is 4.50. The average molecular weight is 262 g/mol. The van der Waals surface area contributed by atoms with Gasteiger partial charge in [0.2, 0.25) is 0 Å². The molecule has 2 aliphatic carbocycles. The molecule has 0 spiro atoms. The number of allylic oxidation sites excluding steroid dienone is 2. The summed E-state index contributed by atoms with van der Waals surface area (Å²) >= 11 is 0. The fraction of sp³-hybridized carbons (Fsp3) is 0.263. The van der Waals surface area contributed by atoms with Crippen LogP contribution < -0.4 is 4.74 Å². The minimum Gasteiger partial charge on any atom is -0.497 e. The second-order valence-electron chi connectivity index (χ2n) is 5.67. The topological polar surface area (TPSA) is 9.23 Å². The zero-order valence-corrected chi connectivity index (χ0v) is 11.8. The standard InChI is InChI=1S/C19H18O/c1-20-15-10-9-14-11-19-16-7-3-2-5-13(16)6-4-8-17(19)18(14)12-15/h2-3,5,7,9-10,12H,4,6,8,11H2,1H3. The van der Waals surface area contributed by atoms with Crippen LogP contribution in [0.4, 0.5) is 0 Å². The molecular formula is C19H18O. The number of rotatable bonds is 1. The maximum absolute atomic E-state index is 5.40. The van der Waals surface area contributed by atoms with Crippen molar-refractivity contribution in [3.8, 4) is 5.75 Å². The molecule has 0 N–H and O–H groups in total. The van der Waals surface area contributed by atoms with Gasteiger partial charge in [0, 0.05) is 0 Å². The Hall–Kier alpha value is -2.02. The van der Waals surface area contributed by atoms with Crippen LogP contribution >= 0.6 is 0 Å². The summed E-state index contributed by atoms with van der Waals surface area (Å²) in [5, 5.41) is 0. The Kier molecular flexibility index (Phi) is 2.66. The van der Waals surface area contributed by atoms with Gasteiger partial charge >= 0.3 is 0 Å². The Bertz CT molecular complexity index is 709. The summed E-state index contributed by atoms with van der Waals surface area (Å²) in [4.78, 5) is 0. The van der Waals surface area contributed by atoms with Gasteiger partial charge in [-0.1, -0.05) is 30.3 Å². The molecular weight excluding hydrogens is 244 g/mol. The second-order valence-corrected chi connectivity index (χ2v) is 5.67. The first-order chi connectivity index (χ1) is 9.86. The van der Waals surface area contributed by atoms with Crippen LogP contribution in [0.15, 0.2) is 42.5 Å². The van der Waals surface area contributed by atoms with Crippen LogP contribution in [0.25, 0.3) is 11.1 Å². The van der Waals surface area contributed by atoms with E-state index in [-0.39, 0.29) is 0 Å². The summed E-state index contributed by atoms with van der Waals surface area (Å²) in [5.41, 5.74) is 8.93. The molecule has 2 aromatic rings. The molecule has 0 atom stereocenters. The SMILES string of the molecule is COc1ccc2c(c1)C1=C(C2)c2ccccc2CCC1. The summed E-state index contributed by atoms with van der Waals surface area (Å²) in [6, 6.07) is 15.4. The van der Waals surface area contributed by atoms with Gasteiger partial charge in [-0.15, -0.1) is 0 Å². The lowest BCUT2D eigenvalue weighted by atomic mass is 9.97. The fourth-order valence-corrected chi connectivity index (χ4v) is 3.61. The average Bonchev–Trinajstić information content (AvgIpc) is 2.75. The Morgan fingerprint density at radius 3 is 2.65 bits per heavy atom. The molecule has 1 heteroatoms. The van der Waals surface area contributed by atoms with E-state index in [2.05, 4.69) is 42.5 Å². The molecule has 0 heterocycles. The van der Waals surface area contributed by atoms with E-state index in [1.54, 1.807) is 18.3 Å². The first-order valence-electron chi connectivity index (χ1n) is 7.34. The highest BCUT2D eigenvalue weighted by molar-refractivity contribution is 5.98. The normalized spacial score (nSPS) is 16.2. The van der Waals surface area contributed by atoms with Crippen molar-refractivity contribution in [1.82, 2.24) is 0 Å². The van der Waals surface area contributed by atoms with E-state index in [0.29, 0.717) is 0 Å². The number of methoxy groups -OCH3 is 1. The van der Waals surface area contributed by atoms with Crippen LogP contribution in [-0.2, 0) is 12.8 Å². The first-order valence-corrected chi connectivity index (χ1v) is 7.34. The summed E-state index contributed by atoms with van der Waals surface area (Å²) in [6.07, 6.45) is 4.70. The number of fused-ring (bicyclic) bond motifs is 4. The molecule has 0 saturated carbocycles. The molecule has 0 fully saturated rings.